The standard InChI is InChI=1S/C15H29N5O.HI/c1-6-16-15(17-9-7-11(2)3)18-10-8-13-19-14(12(4)5)20-21-13;/h11-12H,6-10H2,1-5H3,(H2,16,17,18);1H. The maximum absolute atomic E-state index is 5.22. The van der Waals surface area contributed by atoms with Crippen molar-refractivity contribution >= 4 is 29.9 Å². The van der Waals surface area contributed by atoms with Crippen LogP contribution in [0.25, 0.3) is 0 Å². The first-order valence-corrected chi connectivity index (χ1v) is 7.87. The van der Waals surface area contributed by atoms with Crippen LogP contribution >= 0.6 is 24.0 Å². The summed E-state index contributed by atoms with van der Waals surface area (Å²) in [5, 5.41) is 10.5. The maximum Gasteiger partial charge on any atom is 0.228 e. The van der Waals surface area contributed by atoms with Gasteiger partial charge in [0.15, 0.2) is 11.8 Å². The van der Waals surface area contributed by atoms with Crippen molar-refractivity contribution < 1.29 is 4.52 Å². The van der Waals surface area contributed by atoms with Gasteiger partial charge < -0.3 is 15.2 Å². The van der Waals surface area contributed by atoms with Crippen molar-refractivity contribution in [2.75, 3.05) is 19.6 Å². The molecule has 1 rings (SSSR count). The van der Waals surface area contributed by atoms with Crippen molar-refractivity contribution in [3.05, 3.63) is 11.7 Å². The van der Waals surface area contributed by atoms with Crippen LogP contribution < -0.4 is 10.6 Å². The highest BCUT2D eigenvalue weighted by molar-refractivity contribution is 14.0. The molecule has 22 heavy (non-hydrogen) atoms. The summed E-state index contributed by atoms with van der Waals surface area (Å²) in [5.74, 6) is 3.25. The van der Waals surface area contributed by atoms with E-state index in [9.17, 15) is 0 Å². The fourth-order valence-electron chi connectivity index (χ4n) is 1.67. The van der Waals surface area contributed by atoms with Crippen LogP contribution in [-0.2, 0) is 6.42 Å². The molecule has 0 saturated heterocycles. The molecule has 7 heteroatoms. The van der Waals surface area contributed by atoms with Gasteiger partial charge in [0.25, 0.3) is 0 Å². The van der Waals surface area contributed by atoms with Gasteiger partial charge in [0.2, 0.25) is 5.89 Å². The highest BCUT2D eigenvalue weighted by Crippen LogP contribution is 2.09. The highest BCUT2D eigenvalue weighted by atomic mass is 127. The molecular formula is C15H30IN5O. The van der Waals surface area contributed by atoms with Gasteiger partial charge in [-0.15, -0.1) is 24.0 Å². The largest absolute Gasteiger partial charge is 0.357 e. The third-order valence-corrected chi connectivity index (χ3v) is 2.95. The maximum atomic E-state index is 5.22. The van der Waals surface area contributed by atoms with E-state index in [1.807, 2.05) is 0 Å². The lowest BCUT2D eigenvalue weighted by Crippen LogP contribution is -2.38. The average Bonchev–Trinajstić information content (AvgIpc) is 2.87. The van der Waals surface area contributed by atoms with Gasteiger partial charge in [0.1, 0.15) is 0 Å². The van der Waals surface area contributed by atoms with Crippen molar-refractivity contribution in [3.8, 4) is 0 Å². The van der Waals surface area contributed by atoms with Gasteiger partial charge in [0.05, 0.1) is 0 Å². The van der Waals surface area contributed by atoms with Crippen molar-refractivity contribution in [3.63, 3.8) is 0 Å². The molecular weight excluding hydrogens is 393 g/mol. The van der Waals surface area contributed by atoms with Gasteiger partial charge in [-0.3, -0.25) is 4.99 Å². The lowest BCUT2D eigenvalue weighted by atomic mass is 10.1. The van der Waals surface area contributed by atoms with E-state index < -0.39 is 0 Å². The minimum Gasteiger partial charge on any atom is -0.357 e. The Labute approximate surface area is 150 Å². The van der Waals surface area contributed by atoms with Crippen molar-refractivity contribution in [2.45, 2.75) is 53.4 Å². The van der Waals surface area contributed by atoms with Crippen LogP contribution in [0.1, 0.15) is 58.7 Å². The Balaban J connectivity index is 0.00000441. The van der Waals surface area contributed by atoms with Crippen LogP contribution in [0, 0.1) is 5.92 Å². The zero-order valence-electron chi connectivity index (χ0n) is 14.3. The molecule has 128 valence electrons. The number of guanidine groups is 1. The molecule has 0 atom stereocenters. The van der Waals surface area contributed by atoms with E-state index in [-0.39, 0.29) is 24.0 Å². The van der Waals surface area contributed by atoms with Gasteiger partial charge in [-0.25, -0.2) is 0 Å². The van der Waals surface area contributed by atoms with E-state index in [0.717, 1.165) is 37.8 Å². The van der Waals surface area contributed by atoms with E-state index in [4.69, 9.17) is 4.52 Å². The van der Waals surface area contributed by atoms with Crippen molar-refractivity contribution in [1.82, 2.24) is 20.8 Å². The predicted octanol–water partition coefficient (Wildman–Crippen LogP) is 2.95. The number of halogens is 1. The number of aliphatic imine (C=N–C) groups is 1. The fraction of sp³-hybridized carbons (Fsp3) is 0.800. The fourth-order valence-corrected chi connectivity index (χ4v) is 1.67. The number of nitrogens with zero attached hydrogens (tertiary/aromatic N) is 3. The second-order valence-electron chi connectivity index (χ2n) is 5.82. The summed E-state index contributed by atoms with van der Waals surface area (Å²) in [6, 6.07) is 0. The van der Waals surface area contributed by atoms with Gasteiger partial charge in [0, 0.05) is 32.0 Å². The van der Waals surface area contributed by atoms with Crippen molar-refractivity contribution in [1.29, 1.82) is 0 Å². The van der Waals surface area contributed by atoms with Crippen LogP contribution in [0.4, 0.5) is 0 Å². The smallest absolute Gasteiger partial charge is 0.228 e. The number of hydrogen-bond acceptors (Lipinski definition) is 4. The Kier molecular flexibility index (Phi) is 11.2. The van der Waals surface area contributed by atoms with Crippen LogP contribution in [0.3, 0.4) is 0 Å². The molecule has 0 fully saturated rings. The Morgan fingerprint density at radius 1 is 1.23 bits per heavy atom. The van der Waals surface area contributed by atoms with Gasteiger partial charge >= 0.3 is 0 Å². The normalized spacial score (nSPS) is 11.7. The number of nitrogens with one attached hydrogen (secondary N) is 2. The van der Waals surface area contributed by atoms with Crippen LogP contribution in [0.5, 0.6) is 0 Å². The number of hydrogen-bond donors (Lipinski definition) is 2. The molecule has 0 spiro atoms. The zero-order valence-corrected chi connectivity index (χ0v) is 16.7. The SMILES string of the molecule is CCNC(=NCCC(C)C)NCCc1nc(C(C)C)no1.I. The third kappa shape index (κ3) is 8.55. The second-order valence-corrected chi connectivity index (χ2v) is 5.82. The molecule has 0 radical (unpaired) electrons. The summed E-state index contributed by atoms with van der Waals surface area (Å²) < 4.78 is 5.22. The monoisotopic (exact) mass is 423 g/mol. The number of aromatic nitrogens is 2. The molecule has 0 aliphatic rings. The molecule has 6 nitrogen and oxygen atoms in total. The molecule has 1 heterocycles. The molecule has 0 bridgehead atoms. The Morgan fingerprint density at radius 2 is 1.95 bits per heavy atom. The summed E-state index contributed by atoms with van der Waals surface area (Å²) in [6.45, 7) is 13.0. The van der Waals surface area contributed by atoms with Crippen LogP contribution in [-0.4, -0.2) is 35.7 Å². The summed E-state index contributed by atoms with van der Waals surface area (Å²) in [6.07, 6.45) is 1.80. The highest BCUT2D eigenvalue weighted by Gasteiger charge is 2.09. The van der Waals surface area contributed by atoms with E-state index in [0.29, 0.717) is 24.1 Å². The topological polar surface area (TPSA) is 75.3 Å². The summed E-state index contributed by atoms with van der Waals surface area (Å²) >= 11 is 0. The van der Waals surface area contributed by atoms with E-state index in [1.54, 1.807) is 0 Å². The Bertz CT molecular complexity index is 431. The lowest BCUT2D eigenvalue weighted by Gasteiger charge is -2.10. The van der Waals surface area contributed by atoms with E-state index in [2.05, 4.69) is 60.4 Å². The molecule has 2 N–H and O–H groups in total. The molecule has 1 aromatic rings. The van der Waals surface area contributed by atoms with E-state index >= 15 is 0 Å². The van der Waals surface area contributed by atoms with Gasteiger partial charge in [-0.1, -0.05) is 32.9 Å². The predicted molar refractivity (Wildman–Crippen MR) is 101 cm³/mol. The summed E-state index contributed by atoms with van der Waals surface area (Å²) in [5.41, 5.74) is 0. The molecule has 1 aromatic heterocycles. The summed E-state index contributed by atoms with van der Waals surface area (Å²) in [7, 11) is 0. The van der Waals surface area contributed by atoms with Gasteiger partial charge in [-0.05, 0) is 19.3 Å². The number of rotatable bonds is 8. The minimum atomic E-state index is 0. The Hall–Kier alpha value is -0.860. The quantitative estimate of drug-likeness (QED) is 0.382. The zero-order chi connectivity index (χ0) is 15.7. The molecule has 0 aromatic carbocycles. The summed E-state index contributed by atoms with van der Waals surface area (Å²) in [4.78, 5) is 8.91. The average molecular weight is 423 g/mol. The first-order chi connectivity index (χ1) is 10.0. The second kappa shape index (κ2) is 11.7. The molecule has 0 aliphatic heterocycles. The molecule has 0 unspecified atom stereocenters. The molecule has 0 aliphatic carbocycles. The van der Waals surface area contributed by atoms with E-state index in [1.165, 1.54) is 0 Å². The van der Waals surface area contributed by atoms with Gasteiger partial charge in [-0.2, -0.15) is 4.98 Å². The molecule has 0 amide bonds. The minimum absolute atomic E-state index is 0. The first-order valence-electron chi connectivity index (χ1n) is 7.87. The first kappa shape index (κ1) is 21.1. The lowest BCUT2D eigenvalue weighted by molar-refractivity contribution is 0.371. The Morgan fingerprint density at radius 3 is 2.50 bits per heavy atom. The third-order valence-electron chi connectivity index (χ3n) is 2.95. The van der Waals surface area contributed by atoms with Crippen molar-refractivity contribution in [2.24, 2.45) is 10.9 Å². The molecule has 0 saturated carbocycles. The van der Waals surface area contributed by atoms with Crippen LogP contribution in [0.15, 0.2) is 9.52 Å². The van der Waals surface area contributed by atoms with Crippen LogP contribution in [0.2, 0.25) is 0 Å².